The van der Waals surface area contributed by atoms with Gasteiger partial charge in [-0.05, 0) is 58.7 Å². The van der Waals surface area contributed by atoms with Crippen molar-refractivity contribution in [2.75, 3.05) is 0 Å². The van der Waals surface area contributed by atoms with Crippen molar-refractivity contribution in [1.82, 2.24) is 9.97 Å². The zero-order chi connectivity index (χ0) is 19.9. The molecule has 2 nitrogen and oxygen atoms in total. The van der Waals surface area contributed by atoms with Crippen LogP contribution in [0.2, 0.25) is 0 Å². The molecule has 0 N–H and O–H groups in total. The van der Waals surface area contributed by atoms with E-state index in [2.05, 4.69) is 88.1 Å². The Bertz CT molecular complexity index is 1150. The fourth-order valence-electron chi connectivity index (χ4n) is 4.29. The lowest BCUT2D eigenvalue weighted by atomic mass is 9.83. The summed E-state index contributed by atoms with van der Waals surface area (Å²) < 4.78 is 0. The molecule has 0 aliphatic carbocycles. The van der Waals surface area contributed by atoms with Crippen LogP contribution in [-0.2, 0) is 11.8 Å². The number of pyridine rings is 2. The molecule has 0 aliphatic heterocycles. The smallest absolute Gasteiger partial charge is 0.0487 e. The Kier molecular flexibility index (Phi) is 4.66. The van der Waals surface area contributed by atoms with Gasteiger partial charge in [0.05, 0.1) is 0 Å². The highest BCUT2D eigenvalue weighted by Crippen LogP contribution is 2.33. The number of hydrogen-bond donors (Lipinski definition) is 0. The molecule has 2 heteroatoms. The van der Waals surface area contributed by atoms with Crippen LogP contribution < -0.4 is 0 Å². The van der Waals surface area contributed by atoms with Gasteiger partial charge in [0.1, 0.15) is 0 Å². The molecule has 2 aromatic carbocycles. The van der Waals surface area contributed by atoms with Crippen molar-refractivity contribution in [2.24, 2.45) is 0 Å². The predicted octanol–water partition coefficient (Wildman–Crippen LogP) is 6.74. The van der Waals surface area contributed by atoms with E-state index in [0.717, 1.165) is 12.1 Å². The van der Waals surface area contributed by atoms with Crippen LogP contribution in [0.4, 0.5) is 0 Å². The van der Waals surface area contributed by atoms with E-state index in [0.29, 0.717) is 5.92 Å². The Hall–Kier alpha value is -2.74. The number of rotatable bonds is 3. The van der Waals surface area contributed by atoms with Crippen molar-refractivity contribution in [3.05, 3.63) is 83.4 Å². The molecule has 0 fully saturated rings. The summed E-state index contributed by atoms with van der Waals surface area (Å²) in [6, 6.07) is 17.5. The van der Waals surface area contributed by atoms with Gasteiger partial charge in [-0.15, -0.1) is 0 Å². The highest BCUT2D eigenvalue weighted by Gasteiger charge is 2.19. The lowest BCUT2D eigenvalue weighted by molar-refractivity contribution is 0.596. The van der Waals surface area contributed by atoms with Gasteiger partial charge in [-0.1, -0.05) is 64.1 Å². The average Bonchev–Trinajstić information content (AvgIpc) is 2.67. The summed E-state index contributed by atoms with van der Waals surface area (Å²) in [6.45, 7) is 11.2. The quantitative estimate of drug-likeness (QED) is 0.400. The minimum absolute atomic E-state index is 0.115. The minimum Gasteiger partial charge on any atom is -0.261 e. The maximum atomic E-state index is 4.78. The standard InChI is InChI=1S/C26H28N2/c1-17(19-8-6-9-20-18(2)27-14-12-21(19)20)16-25-23-10-7-11-24(26(3,4)5)22(23)13-15-28-25/h6-15,17H,16H2,1-5H3. The van der Waals surface area contributed by atoms with Gasteiger partial charge in [-0.2, -0.15) is 0 Å². The van der Waals surface area contributed by atoms with E-state index >= 15 is 0 Å². The average molecular weight is 369 g/mol. The maximum absolute atomic E-state index is 4.78. The third-order valence-corrected chi connectivity index (χ3v) is 5.77. The zero-order valence-corrected chi connectivity index (χ0v) is 17.5. The van der Waals surface area contributed by atoms with Crippen molar-refractivity contribution < 1.29 is 0 Å². The molecular formula is C26H28N2. The normalized spacial score (nSPS) is 13.2. The summed E-state index contributed by atoms with van der Waals surface area (Å²) >= 11 is 0. The summed E-state index contributed by atoms with van der Waals surface area (Å²) in [7, 11) is 0. The Morgan fingerprint density at radius 1 is 0.786 bits per heavy atom. The summed E-state index contributed by atoms with van der Waals surface area (Å²) in [5.41, 5.74) is 5.13. The van der Waals surface area contributed by atoms with Gasteiger partial charge in [0.25, 0.3) is 0 Å². The summed E-state index contributed by atoms with van der Waals surface area (Å²) in [6.07, 6.45) is 4.81. The topological polar surface area (TPSA) is 25.8 Å². The van der Waals surface area contributed by atoms with Crippen molar-refractivity contribution in [3.8, 4) is 0 Å². The lowest BCUT2D eigenvalue weighted by Crippen LogP contribution is -2.12. The van der Waals surface area contributed by atoms with E-state index in [9.17, 15) is 0 Å². The number of benzene rings is 2. The Morgan fingerprint density at radius 3 is 2.25 bits per heavy atom. The van der Waals surface area contributed by atoms with E-state index in [4.69, 9.17) is 4.98 Å². The molecule has 4 rings (SSSR count). The molecule has 4 aromatic rings. The molecule has 0 bridgehead atoms. The number of fused-ring (bicyclic) bond motifs is 2. The SMILES string of the molecule is Cc1nccc2c(C(C)Cc3nccc4c(C(C)(C)C)cccc34)cccc12. The van der Waals surface area contributed by atoms with E-state index in [1.54, 1.807) is 0 Å². The third kappa shape index (κ3) is 3.28. The second-order valence-electron chi connectivity index (χ2n) is 8.85. The first kappa shape index (κ1) is 18.6. The maximum Gasteiger partial charge on any atom is 0.0487 e. The van der Waals surface area contributed by atoms with Crippen molar-refractivity contribution in [3.63, 3.8) is 0 Å². The monoisotopic (exact) mass is 368 g/mol. The van der Waals surface area contributed by atoms with E-state index < -0.39 is 0 Å². The molecule has 0 saturated heterocycles. The fourth-order valence-corrected chi connectivity index (χ4v) is 4.29. The molecule has 0 saturated carbocycles. The first-order valence-corrected chi connectivity index (χ1v) is 10.1. The number of nitrogens with zero attached hydrogens (tertiary/aromatic N) is 2. The van der Waals surface area contributed by atoms with Gasteiger partial charge in [0.2, 0.25) is 0 Å². The van der Waals surface area contributed by atoms with E-state index in [1.165, 1.54) is 38.4 Å². The predicted molar refractivity (Wildman–Crippen MR) is 119 cm³/mol. The van der Waals surface area contributed by atoms with Crippen LogP contribution in [0, 0.1) is 6.92 Å². The van der Waals surface area contributed by atoms with Crippen LogP contribution in [-0.4, -0.2) is 9.97 Å². The number of aryl methyl sites for hydroxylation is 1. The molecule has 2 aromatic heterocycles. The van der Waals surface area contributed by atoms with Crippen molar-refractivity contribution >= 4 is 21.5 Å². The second kappa shape index (κ2) is 7.01. The molecule has 0 aliphatic rings. The van der Waals surface area contributed by atoms with Crippen molar-refractivity contribution in [2.45, 2.75) is 52.4 Å². The zero-order valence-electron chi connectivity index (χ0n) is 17.5. The van der Waals surface area contributed by atoms with Crippen LogP contribution >= 0.6 is 0 Å². The Balaban J connectivity index is 1.78. The van der Waals surface area contributed by atoms with Gasteiger partial charge < -0.3 is 0 Å². The summed E-state index contributed by atoms with van der Waals surface area (Å²) in [5, 5.41) is 5.15. The van der Waals surface area contributed by atoms with Gasteiger partial charge in [0, 0.05) is 34.6 Å². The van der Waals surface area contributed by atoms with Crippen LogP contribution in [0.25, 0.3) is 21.5 Å². The molecular weight excluding hydrogens is 340 g/mol. The van der Waals surface area contributed by atoms with Gasteiger partial charge in [0.15, 0.2) is 0 Å². The number of hydrogen-bond acceptors (Lipinski definition) is 2. The van der Waals surface area contributed by atoms with Gasteiger partial charge in [-0.25, -0.2) is 0 Å². The molecule has 28 heavy (non-hydrogen) atoms. The van der Waals surface area contributed by atoms with Crippen molar-refractivity contribution in [1.29, 1.82) is 0 Å². The van der Waals surface area contributed by atoms with Crippen LogP contribution in [0.1, 0.15) is 56.1 Å². The van der Waals surface area contributed by atoms with Gasteiger partial charge in [-0.3, -0.25) is 9.97 Å². The molecule has 2 heterocycles. The van der Waals surface area contributed by atoms with Crippen LogP contribution in [0.15, 0.2) is 60.9 Å². The largest absolute Gasteiger partial charge is 0.261 e. The lowest BCUT2D eigenvalue weighted by Gasteiger charge is -2.22. The first-order valence-electron chi connectivity index (χ1n) is 10.1. The third-order valence-electron chi connectivity index (χ3n) is 5.77. The molecule has 142 valence electrons. The second-order valence-corrected chi connectivity index (χ2v) is 8.85. The molecule has 0 radical (unpaired) electrons. The van der Waals surface area contributed by atoms with Crippen LogP contribution in [0.3, 0.4) is 0 Å². The van der Waals surface area contributed by atoms with Gasteiger partial charge >= 0.3 is 0 Å². The minimum atomic E-state index is 0.115. The first-order chi connectivity index (χ1) is 13.4. The Morgan fingerprint density at radius 2 is 1.46 bits per heavy atom. The van der Waals surface area contributed by atoms with Crippen LogP contribution in [0.5, 0.6) is 0 Å². The summed E-state index contributed by atoms with van der Waals surface area (Å²) in [5.74, 6) is 0.377. The Labute approximate surface area is 167 Å². The molecule has 0 amide bonds. The number of aromatic nitrogens is 2. The molecule has 1 atom stereocenters. The molecule has 1 unspecified atom stereocenters. The highest BCUT2D eigenvalue weighted by atomic mass is 14.7. The highest BCUT2D eigenvalue weighted by molar-refractivity contribution is 5.89. The summed E-state index contributed by atoms with van der Waals surface area (Å²) in [4.78, 5) is 9.23. The van der Waals surface area contributed by atoms with E-state index in [1.807, 2.05) is 12.4 Å². The molecule has 0 spiro atoms. The van der Waals surface area contributed by atoms with E-state index in [-0.39, 0.29) is 5.41 Å². The fraction of sp³-hybridized carbons (Fsp3) is 0.308.